The summed E-state index contributed by atoms with van der Waals surface area (Å²) >= 11 is 0. The molecule has 0 saturated heterocycles. The second kappa shape index (κ2) is 6.88. The number of benzene rings is 3. The fraction of sp³-hybridized carbons (Fsp3) is 0.0455. The van der Waals surface area contributed by atoms with Crippen LogP contribution >= 0.6 is 0 Å². The first-order valence-corrected chi connectivity index (χ1v) is 8.59. The van der Waals surface area contributed by atoms with E-state index in [1.54, 1.807) is 24.3 Å². The Morgan fingerprint density at radius 3 is 2.33 bits per heavy atom. The van der Waals surface area contributed by atoms with Gasteiger partial charge in [-0.2, -0.15) is 0 Å². The lowest BCUT2D eigenvalue weighted by Crippen LogP contribution is -2.25. The van der Waals surface area contributed by atoms with Crippen molar-refractivity contribution in [3.63, 3.8) is 0 Å². The first kappa shape index (κ1) is 16.7. The lowest BCUT2D eigenvalue weighted by atomic mass is 10.1. The molecule has 0 bridgehead atoms. The number of aromatic nitrogens is 2. The maximum atomic E-state index is 13.1. The van der Waals surface area contributed by atoms with Gasteiger partial charge in [0.2, 0.25) is 0 Å². The van der Waals surface area contributed by atoms with Gasteiger partial charge in [-0.05, 0) is 37.3 Å². The van der Waals surface area contributed by atoms with Crippen molar-refractivity contribution in [1.29, 1.82) is 0 Å². The smallest absolute Gasteiger partial charge is 0.295 e. The van der Waals surface area contributed by atoms with E-state index in [1.807, 2.05) is 61.5 Å². The summed E-state index contributed by atoms with van der Waals surface area (Å²) in [6, 6.07) is 23.5. The second-order valence-electron chi connectivity index (χ2n) is 6.27. The van der Waals surface area contributed by atoms with Crippen LogP contribution in [0.5, 0.6) is 0 Å². The fourth-order valence-electron chi connectivity index (χ4n) is 3.00. The molecule has 5 nitrogen and oxygen atoms in total. The normalized spacial score (nSPS) is 11.3. The summed E-state index contributed by atoms with van der Waals surface area (Å²) in [6.07, 6.45) is 1.46. The Morgan fingerprint density at radius 2 is 1.59 bits per heavy atom. The van der Waals surface area contributed by atoms with Crippen LogP contribution in [-0.4, -0.2) is 10.9 Å². The average molecular weight is 355 g/mol. The van der Waals surface area contributed by atoms with E-state index < -0.39 is 0 Å². The number of para-hydroxylation sites is 2. The molecule has 0 radical (unpaired) electrons. The molecule has 0 saturated carbocycles. The van der Waals surface area contributed by atoms with E-state index in [0.717, 1.165) is 14.7 Å². The van der Waals surface area contributed by atoms with Crippen LogP contribution in [0.4, 0.5) is 5.69 Å². The Hall–Kier alpha value is -3.73. The minimum Gasteiger partial charge on any atom is -0.805 e. The van der Waals surface area contributed by atoms with Gasteiger partial charge in [-0.3, -0.25) is 4.99 Å². The van der Waals surface area contributed by atoms with Gasteiger partial charge in [0.1, 0.15) is 11.2 Å². The number of hydrogen-bond acceptors (Lipinski definition) is 3. The van der Waals surface area contributed by atoms with Crippen LogP contribution in [0.1, 0.15) is 11.3 Å². The molecule has 1 heterocycles. The minimum atomic E-state index is 0.204. The number of hydrogen-bond donors (Lipinski definition) is 0. The molecule has 0 amide bonds. The molecule has 27 heavy (non-hydrogen) atoms. The largest absolute Gasteiger partial charge is 0.805 e. The summed E-state index contributed by atoms with van der Waals surface area (Å²) in [5.41, 5.74) is 3.60. The Bertz CT molecular complexity index is 1190. The van der Waals surface area contributed by atoms with E-state index in [2.05, 4.69) is 4.99 Å². The molecule has 0 aliphatic heterocycles. The van der Waals surface area contributed by atoms with Gasteiger partial charge in [-0.1, -0.05) is 48.0 Å². The predicted octanol–water partition coefficient (Wildman–Crippen LogP) is 4.63. The summed E-state index contributed by atoms with van der Waals surface area (Å²) in [6.45, 7) is 2.00. The summed E-state index contributed by atoms with van der Waals surface area (Å²) in [7, 11) is 0. The van der Waals surface area contributed by atoms with Crippen molar-refractivity contribution < 1.29 is 4.43 Å². The quantitative estimate of drug-likeness (QED) is 0.397. The third kappa shape index (κ3) is 3.11. The van der Waals surface area contributed by atoms with Crippen molar-refractivity contribution >= 4 is 22.9 Å². The summed E-state index contributed by atoms with van der Waals surface area (Å²) in [5.74, 6) is 0. The highest BCUT2D eigenvalue weighted by Gasteiger charge is 2.22. The van der Waals surface area contributed by atoms with Crippen molar-refractivity contribution in [3.8, 4) is 11.3 Å². The molecule has 132 valence electrons. The first-order chi connectivity index (χ1) is 13.1. The van der Waals surface area contributed by atoms with Crippen molar-refractivity contribution in [2.45, 2.75) is 6.92 Å². The Morgan fingerprint density at radius 1 is 0.926 bits per heavy atom. The Balaban J connectivity index is 1.99. The topological polar surface area (TPSA) is 63.3 Å². The van der Waals surface area contributed by atoms with Crippen LogP contribution in [0, 0.1) is 17.0 Å². The molecule has 0 aliphatic carbocycles. The zero-order chi connectivity index (χ0) is 18.8. The van der Waals surface area contributed by atoms with Crippen molar-refractivity contribution in [2.75, 3.05) is 0 Å². The molecule has 1 aromatic heterocycles. The van der Waals surface area contributed by atoms with E-state index >= 15 is 0 Å². The highest BCUT2D eigenvalue weighted by Crippen LogP contribution is 2.23. The van der Waals surface area contributed by atoms with Gasteiger partial charge >= 0.3 is 0 Å². The number of aryl methyl sites for hydroxylation is 1. The van der Waals surface area contributed by atoms with Gasteiger partial charge in [0.05, 0.1) is 21.9 Å². The standard InChI is InChI=1S/C22H17N3O2/c1-16-11-13-18(14-12-16)23-15-21-22(17-7-3-2-4-8-17)25(27)20-10-6-5-9-19(20)24(21)26/h2-15H,1H3. The molecule has 0 aliphatic rings. The maximum Gasteiger partial charge on any atom is 0.295 e. The molecule has 3 aromatic carbocycles. The van der Waals surface area contributed by atoms with Gasteiger partial charge in [-0.25, -0.2) is 0 Å². The minimum absolute atomic E-state index is 0.204. The van der Waals surface area contributed by atoms with E-state index in [9.17, 15) is 10.1 Å². The van der Waals surface area contributed by atoms with Crippen molar-refractivity contribution in [3.05, 3.63) is 100 Å². The second-order valence-corrected chi connectivity index (χ2v) is 6.27. The zero-order valence-corrected chi connectivity index (χ0v) is 14.7. The Kier molecular flexibility index (Phi) is 4.26. The third-order valence-electron chi connectivity index (χ3n) is 4.40. The predicted molar refractivity (Wildman–Crippen MR) is 108 cm³/mol. The monoisotopic (exact) mass is 355 g/mol. The highest BCUT2D eigenvalue weighted by atomic mass is 16.5. The van der Waals surface area contributed by atoms with Crippen molar-refractivity contribution in [2.24, 2.45) is 4.99 Å². The number of aliphatic imine (C=N–C) groups is 1. The summed E-state index contributed by atoms with van der Waals surface area (Å²) in [4.78, 5) is 17.5. The van der Waals surface area contributed by atoms with Crippen LogP contribution in [-0.2, 0) is 0 Å². The lowest BCUT2D eigenvalue weighted by molar-refractivity contribution is -0.451. The average Bonchev–Trinajstić information content (AvgIpc) is 2.71. The molecular weight excluding hydrogens is 338 g/mol. The number of rotatable bonds is 3. The van der Waals surface area contributed by atoms with Gasteiger partial charge in [0, 0.05) is 11.0 Å². The van der Waals surface area contributed by atoms with E-state index in [1.165, 1.54) is 6.21 Å². The molecule has 0 N–H and O–H groups in total. The van der Waals surface area contributed by atoms with Crippen LogP contribution in [0.25, 0.3) is 22.3 Å². The number of nitrogens with zero attached hydrogens (tertiary/aromatic N) is 3. The van der Waals surface area contributed by atoms with Gasteiger partial charge in [-0.15, -0.1) is 0 Å². The SMILES string of the molecule is Cc1ccc(N=Cc2c(-c3ccccc3)[n+](=O)c3ccccc3n2[O-])cc1. The van der Waals surface area contributed by atoms with Crippen LogP contribution in [0.15, 0.2) is 83.9 Å². The van der Waals surface area contributed by atoms with E-state index in [-0.39, 0.29) is 11.4 Å². The Labute approximate surface area is 156 Å². The van der Waals surface area contributed by atoms with Gasteiger partial charge in [0.25, 0.3) is 11.2 Å². The third-order valence-corrected chi connectivity index (χ3v) is 4.40. The van der Waals surface area contributed by atoms with Crippen LogP contribution in [0.3, 0.4) is 0 Å². The van der Waals surface area contributed by atoms with Crippen molar-refractivity contribution in [1.82, 2.24) is 4.73 Å². The molecule has 0 atom stereocenters. The first-order valence-electron chi connectivity index (χ1n) is 8.59. The zero-order valence-electron chi connectivity index (χ0n) is 14.7. The molecule has 5 heteroatoms. The molecule has 0 fully saturated rings. The molecule has 0 spiro atoms. The van der Waals surface area contributed by atoms with Gasteiger partial charge in [0.15, 0.2) is 0 Å². The molecule has 4 rings (SSSR count). The molecule has 4 aromatic rings. The molecule has 0 unspecified atom stereocenters. The summed E-state index contributed by atoms with van der Waals surface area (Å²) in [5, 5.41) is 13.0. The summed E-state index contributed by atoms with van der Waals surface area (Å²) < 4.78 is 1.57. The van der Waals surface area contributed by atoms with E-state index in [4.69, 9.17) is 0 Å². The lowest BCUT2D eigenvalue weighted by Gasteiger charge is -2.16. The fourth-order valence-corrected chi connectivity index (χ4v) is 3.00. The molecular formula is C22H17N3O2. The maximum absolute atomic E-state index is 13.1. The van der Waals surface area contributed by atoms with Crippen LogP contribution < -0.4 is 4.43 Å². The van der Waals surface area contributed by atoms with Gasteiger partial charge < -0.3 is 9.94 Å². The van der Waals surface area contributed by atoms with E-state index in [0.29, 0.717) is 22.3 Å². The highest BCUT2D eigenvalue weighted by molar-refractivity contribution is 5.90. The number of fused-ring (bicyclic) bond motifs is 1. The van der Waals surface area contributed by atoms with Crippen LogP contribution in [0.2, 0.25) is 0 Å².